The molecule has 0 amide bonds. The largest absolute Gasteiger partial charge is 0.475 e. The molecule has 1 aromatic heterocycles. The van der Waals surface area contributed by atoms with E-state index in [-0.39, 0.29) is 24.0 Å². The number of guanidine groups is 1. The molecule has 2 rings (SSSR count). The minimum absolute atomic E-state index is 0. The Morgan fingerprint density at radius 3 is 2.88 bits per heavy atom. The lowest BCUT2D eigenvalue weighted by Gasteiger charge is -2.14. The molecule has 8 heteroatoms. The van der Waals surface area contributed by atoms with E-state index in [1.165, 1.54) is 0 Å². The zero-order valence-electron chi connectivity index (χ0n) is 15.0. The van der Waals surface area contributed by atoms with Crippen LogP contribution < -0.4 is 15.4 Å². The predicted octanol–water partition coefficient (Wildman–Crippen LogP) is 1.96. The average molecular weight is 464 g/mol. The van der Waals surface area contributed by atoms with Crippen molar-refractivity contribution in [1.29, 1.82) is 0 Å². The Morgan fingerprint density at radius 2 is 2.24 bits per heavy atom. The fourth-order valence-electron chi connectivity index (χ4n) is 2.35. The highest BCUT2D eigenvalue weighted by Gasteiger charge is 2.15. The fourth-order valence-corrected chi connectivity index (χ4v) is 2.35. The monoisotopic (exact) mass is 464 g/mol. The quantitative estimate of drug-likeness (QED) is 0.252. The maximum atomic E-state index is 5.62. The van der Waals surface area contributed by atoms with E-state index in [0.717, 1.165) is 44.1 Å². The number of methoxy groups -OCH3 is 1. The summed E-state index contributed by atoms with van der Waals surface area (Å²) in [6.45, 7) is 6.14. The zero-order valence-corrected chi connectivity index (χ0v) is 17.3. The molecular weight excluding hydrogens is 435 g/mol. The maximum Gasteiger partial charge on any atom is 0.213 e. The summed E-state index contributed by atoms with van der Waals surface area (Å²) in [6, 6.07) is 3.83. The van der Waals surface area contributed by atoms with Crippen molar-refractivity contribution in [2.24, 2.45) is 4.99 Å². The van der Waals surface area contributed by atoms with Crippen LogP contribution in [0.3, 0.4) is 0 Å². The number of nitrogens with zero attached hydrogens (tertiary/aromatic N) is 2. The number of rotatable bonds is 9. The van der Waals surface area contributed by atoms with Crippen molar-refractivity contribution in [2.75, 3.05) is 40.0 Å². The fraction of sp³-hybridized carbons (Fsp3) is 0.647. The van der Waals surface area contributed by atoms with Crippen molar-refractivity contribution in [3.05, 3.63) is 23.9 Å². The van der Waals surface area contributed by atoms with Crippen molar-refractivity contribution in [1.82, 2.24) is 15.6 Å². The highest BCUT2D eigenvalue weighted by atomic mass is 127. The van der Waals surface area contributed by atoms with Crippen LogP contribution in [0.4, 0.5) is 0 Å². The van der Waals surface area contributed by atoms with Crippen molar-refractivity contribution < 1.29 is 14.2 Å². The summed E-state index contributed by atoms with van der Waals surface area (Å²) in [5.74, 6) is 1.40. The topological polar surface area (TPSA) is 77.0 Å². The van der Waals surface area contributed by atoms with Crippen LogP contribution in [0.5, 0.6) is 5.88 Å². The highest BCUT2D eigenvalue weighted by Crippen LogP contribution is 2.11. The van der Waals surface area contributed by atoms with E-state index in [2.05, 4.69) is 27.5 Å². The molecule has 0 spiro atoms. The average Bonchev–Trinajstić information content (AvgIpc) is 3.12. The summed E-state index contributed by atoms with van der Waals surface area (Å²) in [5, 5.41) is 6.58. The van der Waals surface area contributed by atoms with Crippen molar-refractivity contribution in [3.8, 4) is 5.88 Å². The summed E-state index contributed by atoms with van der Waals surface area (Å²) in [6.07, 6.45) is 4.33. The Hall–Kier alpha value is -1.13. The summed E-state index contributed by atoms with van der Waals surface area (Å²) >= 11 is 0. The van der Waals surface area contributed by atoms with Gasteiger partial charge in [-0.1, -0.05) is 6.07 Å². The Labute approximate surface area is 167 Å². The van der Waals surface area contributed by atoms with Gasteiger partial charge < -0.3 is 24.8 Å². The van der Waals surface area contributed by atoms with E-state index < -0.39 is 0 Å². The normalized spacial score (nSPS) is 17.0. The van der Waals surface area contributed by atoms with Crippen LogP contribution in [-0.4, -0.2) is 57.1 Å². The second kappa shape index (κ2) is 13.1. The first kappa shape index (κ1) is 21.9. The molecule has 0 aliphatic carbocycles. The molecule has 7 nitrogen and oxygen atoms in total. The molecule has 2 N–H and O–H groups in total. The molecule has 1 atom stereocenters. The van der Waals surface area contributed by atoms with E-state index in [4.69, 9.17) is 14.2 Å². The van der Waals surface area contributed by atoms with Crippen LogP contribution in [0.15, 0.2) is 23.3 Å². The van der Waals surface area contributed by atoms with Gasteiger partial charge in [0.1, 0.15) is 6.61 Å². The van der Waals surface area contributed by atoms with Gasteiger partial charge in [0.2, 0.25) is 5.88 Å². The lowest BCUT2D eigenvalue weighted by atomic mass is 10.2. The van der Waals surface area contributed by atoms with Gasteiger partial charge in [-0.3, -0.25) is 0 Å². The highest BCUT2D eigenvalue weighted by molar-refractivity contribution is 14.0. The summed E-state index contributed by atoms with van der Waals surface area (Å²) < 4.78 is 16.0. The first-order valence-corrected chi connectivity index (χ1v) is 8.52. The van der Waals surface area contributed by atoms with Gasteiger partial charge in [0.15, 0.2) is 5.96 Å². The Morgan fingerprint density at radius 1 is 1.36 bits per heavy atom. The van der Waals surface area contributed by atoms with Gasteiger partial charge in [0.25, 0.3) is 0 Å². The molecule has 1 saturated heterocycles. The third kappa shape index (κ3) is 8.68. The number of aromatic nitrogens is 1. The van der Waals surface area contributed by atoms with Crippen LogP contribution in [-0.2, 0) is 16.0 Å². The van der Waals surface area contributed by atoms with Crippen LogP contribution in [0.1, 0.15) is 25.3 Å². The SMILES string of the molecule is CCNC(=NCc1ccc(OCCOC)nc1)NCC1CCCO1.I. The number of halogens is 1. The minimum atomic E-state index is 0. The van der Waals surface area contributed by atoms with Gasteiger partial charge in [-0.2, -0.15) is 0 Å². The van der Waals surface area contributed by atoms with E-state index >= 15 is 0 Å². The van der Waals surface area contributed by atoms with Crippen molar-refractivity contribution >= 4 is 29.9 Å². The second-order valence-corrected chi connectivity index (χ2v) is 5.56. The van der Waals surface area contributed by atoms with Gasteiger partial charge in [-0.25, -0.2) is 9.98 Å². The van der Waals surface area contributed by atoms with Crippen molar-refractivity contribution in [3.63, 3.8) is 0 Å². The standard InChI is InChI=1S/C17H28N4O3.HI/c1-3-18-17(21-13-15-5-4-8-23-15)20-12-14-6-7-16(19-11-14)24-10-9-22-2;/h6-7,11,15H,3-5,8-10,12-13H2,1-2H3,(H2,18,20,21);1H. The predicted molar refractivity (Wildman–Crippen MR) is 109 cm³/mol. The molecule has 1 aliphatic heterocycles. The molecule has 1 aromatic rings. The number of ether oxygens (including phenoxy) is 3. The second-order valence-electron chi connectivity index (χ2n) is 5.56. The van der Waals surface area contributed by atoms with E-state index in [0.29, 0.717) is 31.7 Å². The molecule has 0 bridgehead atoms. The lowest BCUT2D eigenvalue weighted by Crippen LogP contribution is -2.41. The minimum Gasteiger partial charge on any atom is -0.475 e. The molecule has 142 valence electrons. The van der Waals surface area contributed by atoms with E-state index in [1.54, 1.807) is 13.3 Å². The zero-order chi connectivity index (χ0) is 17.0. The Kier molecular flexibility index (Phi) is 11.5. The van der Waals surface area contributed by atoms with Gasteiger partial charge in [-0.15, -0.1) is 24.0 Å². The Bertz CT molecular complexity index is 493. The molecule has 0 aromatic carbocycles. The third-order valence-corrected chi connectivity index (χ3v) is 3.62. The molecule has 0 radical (unpaired) electrons. The molecular formula is C17H29IN4O3. The molecule has 2 heterocycles. The molecule has 1 fully saturated rings. The first-order chi connectivity index (χ1) is 11.8. The van der Waals surface area contributed by atoms with Gasteiger partial charge >= 0.3 is 0 Å². The summed E-state index contributed by atoms with van der Waals surface area (Å²) in [7, 11) is 1.65. The molecule has 1 unspecified atom stereocenters. The van der Waals surface area contributed by atoms with Crippen LogP contribution in [0.2, 0.25) is 0 Å². The Balaban J connectivity index is 0.00000312. The van der Waals surface area contributed by atoms with E-state index in [1.807, 2.05) is 12.1 Å². The van der Waals surface area contributed by atoms with Crippen LogP contribution >= 0.6 is 24.0 Å². The summed E-state index contributed by atoms with van der Waals surface area (Å²) in [5.41, 5.74) is 1.03. The maximum absolute atomic E-state index is 5.62. The van der Waals surface area contributed by atoms with E-state index in [9.17, 15) is 0 Å². The number of aliphatic imine (C=N–C) groups is 1. The smallest absolute Gasteiger partial charge is 0.213 e. The van der Waals surface area contributed by atoms with Gasteiger partial charge in [-0.05, 0) is 25.3 Å². The number of hydrogen-bond donors (Lipinski definition) is 2. The van der Waals surface area contributed by atoms with Gasteiger partial charge in [0, 0.05) is 39.1 Å². The molecule has 0 saturated carbocycles. The third-order valence-electron chi connectivity index (χ3n) is 3.62. The van der Waals surface area contributed by atoms with Crippen molar-refractivity contribution in [2.45, 2.75) is 32.4 Å². The number of hydrogen-bond acceptors (Lipinski definition) is 5. The van der Waals surface area contributed by atoms with Gasteiger partial charge in [0.05, 0.1) is 19.3 Å². The number of nitrogens with one attached hydrogen (secondary N) is 2. The van der Waals surface area contributed by atoms with Crippen LogP contribution in [0, 0.1) is 0 Å². The lowest BCUT2D eigenvalue weighted by molar-refractivity contribution is 0.114. The van der Waals surface area contributed by atoms with Crippen LogP contribution in [0.25, 0.3) is 0 Å². The molecule has 1 aliphatic rings. The molecule has 25 heavy (non-hydrogen) atoms. The first-order valence-electron chi connectivity index (χ1n) is 8.52. The summed E-state index contributed by atoms with van der Waals surface area (Å²) in [4.78, 5) is 8.86. The number of pyridine rings is 1.